The van der Waals surface area contributed by atoms with Gasteiger partial charge in [0.15, 0.2) is 0 Å². The number of halogens is 2. The van der Waals surface area contributed by atoms with E-state index in [1.165, 1.54) is 49.4 Å². The smallest absolute Gasteiger partial charge is 0.355 e. The van der Waals surface area contributed by atoms with Gasteiger partial charge in [0.25, 0.3) is 10.0 Å². The van der Waals surface area contributed by atoms with Crippen LogP contribution in [-0.2, 0) is 19.6 Å². The average molecular weight is 442 g/mol. The number of carbonyl (C=O) groups excluding carboxylic acids is 2. The molecule has 10 heteroatoms. The Morgan fingerprint density at radius 3 is 2.36 bits per heavy atom. The maximum Gasteiger partial charge on any atom is 0.355 e. The molecule has 0 spiro atoms. The molecule has 1 heterocycles. The number of nitrogens with zero attached hydrogens (tertiary/aromatic N) is 1. The number of aromatic nitrogens is 1. The first kappa shape index (κ1) is 20.2. The Balaban J connectivity index is 2.36. The lowest BCUT2D eigenvalue weighted by Gasteiger charge is -2.12. The normalized spacial score (nSPS) is 11.4. The monoisotopic (exact) mass is 441 g/mol. The molecule has 0 fully saturated rings. The minimum atomic E-state index is -4.26. The fourth-order valence-corrected chi connectivity index (χ4v) is 4.56. The van der Waals surface area contributed by atoms with Crippen molar-refractivity contribution in [1.29, 1.82) is 0 Å². The number of rotatable bonds is 4. The van der Waals surface area contributed by atoms with Gasteiger partial charge in [0.1, 0.15) is 11.4 Å². The van der Waals surface area contributed by atoms with Crippen molar-refractivity contribution >= 4 is 56.1 Å². The summed E-state index contributed by atoms with van der Waals surface area (Å²) in [5.41, 5.74) is -0.131. The molecular weight excluding hydrogens is 429 g/mol. The fourth-order valence-electron chi connectivity index (χ4n) is 2.67. The van der Waals surface area contributed by atoms with Gasteiger partial charge in [-0.1, -0.05) is 29.3 Å². The molecule has 1 aromatic heterocycles. The van der Waals surface area contributed by atoms with E-state index < -0.39 is 22.0 Å². The summed E-state index contributed by atoms with van der Waals surface area (Å²) in [6, 6.07) is 9.54. The number of methoxy groups -OCH3 is 1. The van der Waals surface area contributed by atoms with Crippen molar-refractivity contribution < 1.29 is 27.5 Å². The number of esters is 2. The van der Waals surface area contributed by atoms with Crippen molar-refractivity contribution in [3.63, 3.8) is 0 Å². The van der Waals surface area contributed by atoms with E-state index in [-0.39, 0.29) is 37.3 Å². The van der Waals surface area contributed by atoms with Crippen LogP contribution in [0.2, 0.25) is 10.0 Å². The van der Waals surface area contributed by atoms with Gasteiger partial charge in [0.05, 0.1) is 27.6 Å². The summed E-state index contributed by atoms with van der Waals surface area (Å²) >= 11 is 11.8. The third-order valence-electron chi connectivity index (χ3n) is 3.84. The number of fused-ring (bicyclic) bond motifs is 1. The summed E-state index contributed by atoms with van der Waals surface area (Å²) in [4.78, 5) is 23.5. The van der Waals surface area contributed by atoms with E-state index in [9.17, 15) is 18.0 Å². The van der Waals surface area contributed by atoms with Crippen molar-refractivity contribution in [2.75, 3.05) is 7.11 Å². The highest BCUT2D eigenvalue weighted by Gasteiger charge is 2.28. The number of carbonyl (C=O) groups is 2. The molecule has 28 heavy (non-hydrogen) atoms. The minimum absolute atomic E-state index is 0.0411. The topological polar surface area (TPSA) is 91.7 Å². The fraction of sp³-hybridized carbons (Fsp3) is 0.111. The molecular formula is C18H13Cl2NO6S. The number of ether oxygens (including phenoxy) is 2. The number of hydrogen-bond donors (Lipinski definition) is 0. The van der Waals surface area contributed by atoms with E-state index in [4.69, 9.17) is 32.7 Å². The maximum absolute atomic E-state index is 13.3. The van der Waals surface area contributed by atoms with Gasteiger partial charge < -0.3 is 9.47 Å². The van der Waals surface area contributed by atoms with Gasteiger partial charge in [-0.2, -0.15) is 0 Å². The second-order valence-corrected chi connectivity index (χ2v) is 8.25. The van der Waals surface area contributed by atoms with Crippen molar-refractivity contribution in [3.05, 3.63) is 58.2 Å². The van der Waals surface area contributed by atoms with Gasteiger partial charge in [-0.05, 0) is 36.4 Å². The van der Waals surface area contributed by atoms with Crippen LogP contribution in [0, 0.1) is 0 Å². The Bertz CT molecular complexity index is 1220. The van der Waals surface area contributed by atoms with Crippen LogP contribution in [0.4, 0.5) is 0 Å². The van der Waals surface area contributed by atoms with Crippen molar-refractivity contribution in [2.24, 2.45) is 0 Å². The van der Waals surface area contributed by atoms with Crippen LogP contribution in [0.5, 0.6) is 5.75 Å². The lowest BCUT2D eigenvalue weighted by molar-refractivity contribution is -0.131. The highest BCUT2D eigenvalue weighted by atomic mass is 35.5. The molecule has 0 saturated heterocycles. The molecule has 0 radical (unpaired) electrons. The third-order valence-corrected chi connectivity index (χ3v) is 6.30. The van der Waals surface area contributed by atoms with E-state index in [2.05, 4.69) is 0 Å². The molecule has 7 nitrogen and oxygen atoms in total. The van der Waals surface area contributed by atoms with Crippen LogP contribution in [0.1, 0.15) is 17.4 Å². The van der Waals surface area contributed by atoms with Crippen molar-refractivity contribution in [3.8, 4) is 5.75 Å². The molecule has 0 saturated carbocycles. The Labute approximate surface area is 170 Å². The van der Waals surface area contributed by atoms with Crippen LogP contribution in [-0.4, -0.2) is 31.4 Å². The number of benzene rings is 2. The largest absolute Gasteiger partial charge is 0.464 e. The Kier molecular flexibility index (Phi) is 5.38. The minimum Gasteiger partial charge on any atom is -0.464 e. The van der Waals surface area contributed by atoms with E-state index in [1.54, 1.807) is 0 Å². The van der Waals surface area contributed by atoms with Crippen LogP contribution < -0.4 is 4.74 Å². The molecule has 146 valence electrons. The predicted octanol–water partition coefficient (Wildman–Crippen LogP) is 3.90. The van der Waals surface area contributed by atoms with Gasteiger partial charge in [-0.15, -0.1) is 0 Å². The molecule has 0 amide bonds. The summed E-state index contributed by atoms with van der Waals surface area (Å²) in [6.07, 6.45) is 0. The van der Waals surface area contributed by atoms with Gasteiger partial charge in [0, 0.05) is 12.3 Å². The van der Waals surface area contributed by atoms with Crippen LogP contribution >= 0.6 is 23.2 Å². The molecule has 3 rings (SSSR count). The van der Waals surface area contributed by atoms with Gasteiger partial charge >= 0.3 is 11.9 Å². The van der Waals surface area contributed by atoms with Crippen LogP contribution in [0.25, 0.3) is 10.9 Å². The zero-order valence-electron chi connectivity index (χ0n) is 14.6. The summed E-state index contributed by atoms with van der Waals surface area (Å²) in [5, 5.41) is 0.476. The summed E-state index contributed by atoms with van der Waals surface area (Å²) in [7, 11) is -3.13. The average Bonchev–Trinajstić information content (AvgIpc) is 3.04. The Hall–Kier alpha value is -2.55. The van der Waals surface area contributed by atoms with Gasteiger partial charge in [-0.25, -0.2) is 17.2 Å². The lowest BCUT2D eigenvalue weighted by atomic mass is 10.2. The quantitative estimate of drug-likeness (QED) is 0.450. The van der Waals surface area contributed by atoms with E-state index >= 15 is 0 Å². The second-order valence-electron chi connectivity index (χ2n) is 5.65. The molecule has 0 unspecified atom stereocenters. The molecule has 0 aliphatic rings. The first-order valence-corrected chi connectivity index (χ1v) is 9.98. The molecule has 0 aliphatic heterocycles. The Morgan fingerprint density at radius 2 is 1.75 bits per heavy atom. The molecule has 0 aliphatic carbocycles. The zero-order chi connectivity index (χ0) is 20.6. The first-order valence-electron chi connectivity index (χ1n) is 7.78. The Morgan fingerprint density at radius 1 is 1.04 bits per heavy atom. The summed E-state index contributed by atoms with van der Waals surface area (Å²) in [6.45, 7) is 1.21. The van der Waals surface area contributed by atoms with E-state index in [0.29, 0.717) is 0 Å². The predicted molar refractivity (Wildman–Crippen MR) is 104 cm³/mol. The highest BCUT2D eigenvalue weighted by Crippen LogP contribution is 2.33. The third kappa shape index (κ3) is 3.46. The number of hydrogen-bond acceptors (Lipinski definition) is 6. The molecule has 0 atom stereocenters. The second kappa shape index (κ2) is 7.46. The maximum atomic E-state index is 13.3. The SMILES string of the molecule is COC(=O)c1cc2c(OC(C)=O)cccc2n1S(=O)(=O)c1ccc(Cl)c(Cl)c1. The highest BCUT2D eigenvalue weighted by molar-refractivity contribution is 7.90. The molecule has 3 aromatic rings. The lowest BCUT2D eigenvalue weighted by Crippen LogP contribution is -2.19. The van der Waals surface area contributed by atoms with Crippen molar-refractivity contribution in [2.45, 2.75) is 11.8 Å². The standard InChI is InChI=1S/C18H13Cl2NO6S/c1-10(22)27-17-5-3-4-15-12(17)9-16(18(23)26-2)21(15)28(24,25)11-6-7-13(19)14(20)8-11/h3-9H,1-2H3. The van der Waals surface area contributed by atoms with E-state index in [1.807, 2.05) is 0 Å². The van der Waals surface area contributed by atoms with E-state index in [0.717, 1.165) is 11.1 Å². The molecule has 0 bridgehead atoms. The molecule has 2 aromatic carbocycles. The summed E-state index contributed by atoms with van der Waals surface area (Å²) < 4.78 is 37.3. The molecule has 0 N–H and O–H groups in total. The van der Waals surface area contributed by atoms with Crippen LogP contribution in [0.3, 0.4) is 0 Å². The zero-order valence-corrected chi connectivity index (χ0v) is 16.9. The van der Waals surface area contributed by atoms with Gasteiger partial charge in [-0.3, -0.25) is 4.79 Å². The van der Waals surface area contributed by atoms with Crippen molar-refractivity contribution in [1.82, 2.24) is 3.97 Å². The van der Waals surface area contributed by atoms with Gasteiger partial charge in [0.2, 0.25) is 0 Å². The van der Waals surface area contributed by atoms with Crippen LogP contribution in [0.15, 0.2) is 47.4 Å². The summed E-state index contributed by atoms with van der Waals surface area (Å²) in [5.74, 6) is -1.36. The first-order chi connectivity index (χ1) is 13.2.